The Kier molecular flexibility index (Phi) is 7.19. The van der Waals surface area contributed by atoms with Crippen LogP contribution in [0.15, 0.2) is 53.9 Å². The molecular weight excluding hydrogens is 509 g/mol. The van der Waals surface area contributed by atoms with Crippen molar-refractivity contribution in [3.63, 3.8) is 0 Å². The Morgan fingerprint density at radius 3 is 2.53 bits per heavy atom. The number of nitrogens with zero attached hydrogens (tertiary/aromatic N) is 2. The highest BCUT2D eigenvalue weighted by molar-refractivity contribution is 7.14. The van der Waals surface area contributed by atoms with E-state index in [1.165, 1.54) is 22.3 Å². The molecule has 0 unspecified atom stereocenters. The van der Waals surface area contributed by atoms with Gasteiger partial charge in [-0.25, -0.2) is 9.37 Å². The average molecular weight is 536 g/mol. The second-order valence-electron chi connectivity index (χ2n) is 9.45. The van der Waals surface area contributed by atoms with Crippen LogP contribution in [-0.4, -0.2) is 58.3 Å². The maximum absolute atomic E-state index is 14.3. The second-order valence-corrected chi connectivity index (χ2v) is 10.3. The van der Waals surface area contributed by atoms with E-state index in [0.29, 0.717) is 22.0 Å². The van der Waals surface area contributed by atoms with Crippen LogP contribution in [-0.2, 0) is 16.0 Å². The Labute approximate surface area is 222 Å². The average Bonchev–Trinajstić information content (AvgIpc) is 3.43. The zero-order valence-corrected chi connectivity index (χ0v) is 21.2. The summed E-state index contributed by atoms with van der Waals surface area (Å²) in [5.74, 6) is -1.77. The number of halogens is 1. The number of primary amides is 1. The third-order valence-corrected chi connectivity index (χ3v) is 7.34. The van der Waals surface area contributed by atoms with Crippen molar-refractivity contribution in [3.8, 4) is 11.3 Å². The first-order valence-electron chi connectivity index (χ1n) is 12.3. The predicted octanol–water partition coefficient (Wildman–Crippen LogP) is 2.92. The van der Waals surface area contributed by atoms with E-state index >= 15 is 0 Å². The minimum absolute atomic E-state index is 0.106. The predicted molar refractivity (Wildman–Crippen MR) is 140 cm³/mol. The number of benzene rings is 2. The Bertz CT molecular complexity index is 1390. The molecule has 11 heteroatoms. The van der Waals surface area contributed by atoms with Crippen molar-refractivity contribution in [2.75, 3.05) is 11.9 Å². The van der Waals surface area contributed by atoms with Crippen LogP contribution in [0.25, 0.3) is 11.3 Å². The van der Waals surface area contributed by atoms with Gasteiger partial charge in [0, 0.05) is 34.5 Å². The van der Waals surface area contributed by atoms with Crippen molar-refractivity contribution in [2.45, 2.75) is 43.9 Å². The van der Waals surface area contributed by atoms with Gasteiger partial charge < -0.3 is 21.3 Å². The topological polar surface area (TPSA) is 134 Å². The Hall–Kier alpha value is -4.12. The van der Waals surface area contributed by atoms with Crippen LogP contribution in [0.4, 0.5) is 9.52 Å². The molecule has 5 rings (SSSR count). The minimum Gasteiger partial charge on any atom is -0.366 e. The third-order valence-electron chi connectivity index (χ3n) is 6.59. The van der Waals surface area contributed by atoms with E-state index in [4.69, 9.17) is 5.73 Å². The van der Waals surface area contributed by atoms with Gasteiger partial charge in [0.1, 0.15) is 12.2 Å². The summed E-state index contributed by atoms with van der Waals surface area (Å²) in [6.07, 6.45) is 0.380. The standard InChI is InChI=1S/C27H26FN5O4S/c28-18-12-22(33(13-18)23(34)11-17-3-1-2-4-20(17)24(29)35)26(37)32-27-31-21(14-38-27)15-5-7-16(8-6-15)25(36)30-19-9-10-19/h1-8,14,18-19,22H,9-13H2,(H2,29,35)(H,30,36)(H,31,32,37)/t18-,22-/m0/s1. The number of amides is 4. The highest BCUT2D eigenvalue weighted by Gasteiger charge is 2.40. The summed E-state index contributed by atoms with van der Waals surface area (Å²) < 4.78 is 14.3. The van der Waals surface area contributed by atoms with E-state index in [0.717, 1.165) is 18.4 Å². The van der Waals surface area contributed by atoms with E-state index in [1.54, 1.807) is 47.8 Å². The molecule has 196 valence electrons. The summed E-state index contributed by atoms with van der Waals surface area (Å²) >= 11 is 1.21. The molecule has 0 bridgehead atoms. The van der Waals surface area contributed by atoms with Gasteiger partial charge in [0.25, 0.3) is 5.91 Å². The molecule has 2 heterocycles. The summed E-state index contributed by atoms with van der Waals surface area (Å²) in [7, 11) is 0. The van der Waals surface area contributed by atoms with Crippen LogP contribution in [0.5, 0.6) is 0 Å². The molecule has 0 spiro atoms. The van der Waals surface area contributed by atoms with Crippen molar-refractivity contribution in [3.05, 3.63) is 70.6 Å². The van der Waals surface area contributed by atoms with E-state index in [2.05, 4.69) is 15.6 Å². The summed E-state index contributed by atoms with van der Waals surface area (Å²) in [4.78, 5) is 55.6. The first kappa shape index (κ1) is 25.5. The Balaban J connectivity index is 1.23. The highest BCUT2D eigenvalue weighted by atomic mass is 32.1. The SMILES string of the molecule is NC(=O)c1ccccc1CC(=O)N1C[C@@H](F)C[C@H]1C(=O)Nc1nc(-c2ccc(C(=O)NC3CC3)cc2)cs1. The molecule has 0 radical (unpaired) electrons. The molecule has 1 aliphatic heterocycles. The van der Waals surface area contributed by atoms with Gasteiger partial charge in [-0.3, -0.25) is 19.2 Å². The molecule has 3 aromatic rings. The fourth-order valence-corrected chi connectivity index (χ4v) is 5.15. The van der Waals surface area contributed by atoms with Crippen molar-refractivity contribution in [2.24, 2.45) is 5.73 Å². The molecule has 2 aromatic carbocycles. The lowest BCUT2D eigenvalue weighted by molar-refractivity contribution is -0.136. The van der Waals surface area contributed by atoms with Crippen molar-refractivity contribution in [1.82, 2.24) is 15.2 Å². The number of nitrogens with two attached hydrogens (primary N) is 1. The number of rotatable bonds is 8. The highest BCUT2D eigenvalue weighted by Crippen LogP contribution is 2.28. The lowest BCUT2D eigenvalue weighted by atomic mass is 10.0. The molecule has 2 fully saturated rings. The molecule has 4 N–H and O–H groups in total. The van der Waals surface area contributed by atoms with Crippen LogP contribution in [0.2, 0.25) is 0 Å². The molecule has 38 heavy (non-hydrogen) atoms. The van der Waals surface area contributed by atoms with Crippen LogP contribution in [0.1, 0.15) is 45.5 Å². The summed E-state index contributed by atoms with van der Waals surface area (Å²) in [5, 5.41) is 7.73. The number of thiazole rings is 1. The van der Waals surface area contributed by atoms with E-state index in [-0.39, 0.29) is 36.9 Å². The zero-order valence-electron chi connectivity index (χ0n) is 20.4. The molecule has 1 aromatic heterocycles. The second kappa shape index (κ2) is 10.7. The number of carbonyl (C=O) groups is 4. The monoisotopic (exact) mass is 535 g/mol. The van der Waals surface area contributed by atoms with Gasteiger partial charge in [0.15, 0.2) is 5.13 Å². The van der Waals surface area contributed by atoms with Gasteiger partial charge in [-0.1, -0.05) is 30.3 Å². The number of aromatic nitrogens is 1. The molecule has 1 aliphatic carbocycles. The number of anilines is 1. The number of nitrogens with one attached hydrogen (secondary N) is 2. The van der Waals surface area contributed by atoms with Crippen LogP contribution < -0.4 is 16.4 Å². The van der Waals surface area contributed by atoms with E-state index in [1.807, 2.05) is 0 Å². The quantitative estimate of drug-likeness (QED) is 0.408. The maximum atomic E-state index is 14.3. The molecule has 9 nitrogen and oxygen atoms in total. The number of hydrogen-bond donors (Lipinski definition) is 3. The first-order chi connectivity index (χ1) is 18.3. The third kappa shape index (κ3) is 5.72. The van der Waals surface area contributed by atoms with Crippen LogP contribution >= 0.6 is 11.3 Å². The molecule has 1 saturated heterocycles. The van der Waals surface area contributed by atoms with Crippen molar-refractivity contribution < 1.29 is 23.6 Å². The number of hydrogen-bond acceptors (Lipinski definition) is 6. The number of likely N-dealkylation sites (tertiary alicyclic amines) is 1. The van der Waals surface area contributed by atoms with Crippen LogP contribution in [0, 0.1) is 0 Å². The molecular formula is C27H26FN5O4S. The lowest BCUT2D eigenvalue weighted by Crippen LogP contribution is -2.44. The zero-order chi connectivity index (χ0) is 26.8. The van der Waals surface area contributed by atoms with Crippen LogP contribution in [0.3, 0.4) is 0 Å². The Morgan fingerprint density at radius 2 is 1.82 bits per heavy atom. The molecule has 1 saturated carbocycles. The molecule has 2 aliphatic rings. The number of carbonyl (C=O) groups excluding carboxylic acids is 4. The van der Waals surface area contributed by atoms with Crippen molar-refractivity contribution >= 4 is 40.1 Å². The maximum Gasteiger partial charge on any atom is 0.251 e. The molecule has 4 amide bonds. The van der Waals surface area contributed by atoms with Crippen molar-refractivity contribution in [1.29, 1.82) is 0 Å². The largest absolute Gasteiger partial charge is 0.366 e. The lowest BCUT2D eigenvalue weighted by Gasteiger charge is -2.23. The minimum atomic E-state index is -1.34. The van der Waals surface area contributed by atoms with E-state index in [9.17, 15) is 23.6 Å². The summed E-state index contributed by atoms with van der Waals surface area (Å²) in [5.41, 5.74) is 7.99. The Morgan fingerprint density at radius 1 is 1.08 bits per heavy atom. The number of alkyl halides is 1. The first-order valence-corrected chi connectivity index (χ1v) is 13.2. The van der Waals surface area contributed by atoms with Gasteiger partial charge in [0.05, 0.1) is 18.7 Å². The van der Waals surface area contributed by atoms with Gasteiger partial charge >= 0.3 is 0 Å². The van der Waals surface area contributed by atoms with Gasteiger partial charge in [-0.05, 0) is 36.6 Å². The van der Waals surface area contributed by atoms with Gasteiger partial charge in [-0.15, -0.1) is 11.3 Å². The fourth-order valence-electron chi connectivity index (χ4n) is 4.43. The smallest absolute Gasteiger partial charge is 0.251 e. The van der Waals surface area contributed by atoms with Gasteiger partial charge in [0.2, 0.25) is 17.7 Å². The van der Waals surface area contributed by atoms with E-state index < -0.39 is 29.9 Å². The molecule has 2 atom stereocenters. The van der Waals surface area contributed by atoms with Gasteiger partial charge in [-0.2, -0.15) is 0 Å². The summed E-state index contributed by atoms with van der Waals surface area (Å²) in [6.45, 7) is -0.209. The normalized spacial score (nSPS) is 18.7. The fraction of sp³-hybridized carbons (Fsp3) is 0.296. The summed E-state index contributed by atoms with van der Waals surface area (Å²) in [6, 6.07) is 12.8.